The van der Waals surface area contributed by atoms with E-state index in [-0.39, 0.29) is 5.60 Å². The number of rotatable bonds is 1. The summed E-state index contributed by atoms with van der Waals surface area (Å²) in [5, 5.41) is 11.5. The van der Waals surface area contributed by atoms with Crippen LogP contribution in [-0.4, -0.2) is 10.7 Å². The van der Waals surface area contributed by atoms with E-state index in [0.717, 1.165) is 29.6 Å². The largest absolute Gasteiger partial charge is 0.389 e. The number of fused-ring (bicyclic) bond motifs is 7. The lowest BCUT2D eigenvalue weighted by molar-refractivity contribution is -0.106. The van der Waals surface area contributed by atoms with Gasteiger partial charge in [-0.3, -0.25) is 0 Å². The summed E-state index contributed by atoms with van der Waals surface area (Å²) in [5.74, 6) is 6.15. The van der Waals surface area contributed by atoms with E-state index in [0.29, 0.717) is 11.8 Å². The molecule has 0 saturated heterocycles. The lowest BCUT2D eigenvalue weighted by Gasteiger charge is -2.46. The molecule has 4 bridgehead atoms. The molecule has 8 atom stereocenters. The van der Waals surface area contributed by atoms with E-state index >= 15 is 0 Å². The zero-order valence-electron chi connectivity index (χ0n) is 11.4. The van der Waals surface area contributed by atoms with E-state index < -0.39 is 0 Å². The van der Waals surface area contributed by atoms with Crippen LogP contribution >= 0.6 is 0 Å². The van der Waals surface area contributed by atoms with Crippen LogP contribution in [0.15, 0.2) is 0 Å². The Morgan fingerprint density at radius 3 is 2.44 bits per heavy atom. The normalized spacial score (nSPS) is 64.8. The molecule has 5 fully saturated rings. The molecule has 0 heterocycles. The van der Waals surface area contributed by atoms with Gasteiger partial charge < -0.3 is 5.11 Å². The molecule has 18 heavy (non-hydrogen) atoms. The first-order chi connectivity index (χ1) is 8.75. The van der Waals surface area contributed by atoms with Crippen molar-refractivity contribution < 1.29 is 5.11 Å². The van der Waals surface area contributed by atoms with Gasteiger partial charge in [-0.15, -0.1) is 0 Å². The van der Waals surface area contributed by atoms with Crippen LogP contribution in [0.1, 0.15) is 57.8 Å². The summed E-state index contributed by atoms with van der Waals surface area (Å²) in [6, 6.07) is 0. The highest BCUT2D eigenvalue weighted by atomic mass is 16.3. The van der Waals surface area contributed by atoms with Crippen molar-refractivity contribution in [3.63, 3.8) is 0 Å². The van der Waals surface area contributed by atoms with Crippen molar-refractivity contribution in [2.75, 3.05) is 0 Å². The highest BCUT2D eigenvalue weighted by Gasteiger charge is 2.64. The molecule has 5 aliphatic rings. The SMILES string of the molecule is OC1(C2CC3CCC2C3)CC2CC1C1CCCC21. The smallest absolute Gasteiger partial charge is 0.0712 e. The van der Waals surface area contributed by atoms with Crippen molar-refractivity contribution in [1.82, 2.24) is 0 Å². The van der Waals surface area contributed by atoms with Crippen LogP contribution in [0, 0.1) is 41.4 Å². The van der Waals surface area contributed by atoms with Crippen molar-refractivity contribution in [1.29, 1.82) is 0 Å². The second kappa shape index (κ2) is 3.34. The maximum absolute atomic E-state index is 11.5. The molecule has 1 N–H and O–H groups in total. The molecular formula is C17H26O. The Hall–Kier alpha value is -0.0400. The van der Waals surface area contributed by atoms with Gasteiger partial charge in [0.25, 0.3) is 0 Å². The van der Waals surface area contributed by atoms with E-state index in [9.17, 15) is 5.11 Å². The van der Waals surface area contributed by atoms with Crippen LogP contribution in [-0.2, 0) is 0 Å². The van der Waals surface area contributed by atoms with Crippen molar-refractivity contribution in [3.05, 3.63) is 0 Å². The molecule has 0 aromatic carbocycles. The summed E-state index contributed by atoms with van der Waals surface area (Å²) >= 11 is 0. The fourth-order valence-electron chi connectivity index (χ4n) is 7.44. The topological polar surface area (TPSA) is 20.2 Å². The molecule has 0 aliphatic heterocycles. The molecule has 5 saturated carbocycles. The Morgan fingerprint density at radius 1 is 0.778 bits per heavy atom. The zero-order chi connectivity index (χ0) is 11.9. The van der Waals surface area contributed by atoms with Crippen LogP contribution in [0.4, 0.5) is 0 Å². The third-order valence-electron chi connectivity index (χ3n) is 7.92. The monoisotopic (exact) mass is 246 g/mol. The molecule has 1 nitrogen and oxygen atoms in total. The summed E-state index contributed by atoms with van der Waals surface area (Å²) in [6.07, 6.45) is 12.7. The first kappa shape index (κ1) is 10.7. The third-order valence-corrected chi connectivity index (χ3v) is 7.92. The molecule has 0 aromatic heterocycles. The molecule has 0 spiro atoms. The molecule has 0 radical (unpaired) electrons. The minimum absolute atomic E-state index is 0.212. The van der Waals surface area contributed by atoms with Crippen LogP contribution in [0.25, 0.3) is 0 Å². The fourth-order valence-corrected chi connectivity index (χ4v) is 7.44. The summed E-state index contributed by atoms with van der Waals surface area (Å²) in [5.41, 5.74) is -0.212. The molecule has 5 rings (SSSR count). The Kier molecular flexibility index (Phi) is 1.99. The van der Waals surface area contributed by atoms with Gasteiger partial charge >= 0.3 is 0 Å². The Labute approximate surface area is 110 Å². The first-order valence-electron chi connectivity index (χ1n) is 8.48. The summed E-state index contributed by atoms with van der Waals surface area (Å²) < 4.78 is 0. The van der Waals surface area contributed by atoms with Crippen LogP contribution in [0.2, 0.25) is 0 Å². The van der Waals surface area contributed by atoms with Gasteiger partial charge in [0.05, 0.1) is 5.60 Å². The van der Waals surface area contributed by atoms with Crippen LogP contribution < -0.4 is 0 Å². The third kappa shape index (κ3) is 1.14. The van der Waals surface area contributed by atoms with Gasteiger partial charge in [-0.25, -0.2) is 0 Å². The standard InChI is InChI=1S/C17H26O/c18-17(15-7-10-4-5-11(15)6-10)9-12-8-16(17)14-3-1-2-13(12)14/h10-16,18H,1-9H2. The van der Waals surface area contributed by atoms with Crippen LogP contribution in [0.5, 0.6) is 0 Å². The van der Waals surface area contributed by atoms with Gasteiger partial charge in [-0.05, 0) is 86.4 Å². The Bertz CT molecular complexity index is 378. The van der Waals surface area contributed by atoms with Crippen LogP contribution in [0.3, 0.4) is 0 Å². The molecule has 8 unspecified atom stereocenters. The fraction of sp³-hybridized carbons (Fsp3) is 1.00. The van der Waals surface area contributed by atoms with Crippen molar-refractivity contribution in [2.45, 2.75) is 63.4 Å². The summed E-state index contributed by atoms with van der Waals surface area (Å²) in [4.78, 5) is 0. The van der Waals surface area contributed by atoms with Crippen molar-refractivity contribution in [3.8, 4) is 0 Å². The number of hydrogen-bond donors (Lipinski definition) is 1. The Morgan fingerprint density at radius 2 is 1.67 bits per heavy atom. The second-order valence-corrected chi connectivity index (χ2v) is 8.34. The zero-order valence-corrected chi connectivity index (χ0v) is 11.4. The average molecular weight is 246 g/mol. The minimum atomic E-state index is -0.212. The average Bonchev–Trinajstić information content (AvgIpc) is 3.13. The molecule has 100 valence electrons. The van der Waals surface area contributed by atoms with Gasteiger partial charge in [-0.2, -0.15) is 0 Å². The molecular weight excluding hydrogens is 220 g/mol. The highest BCUT2D eigenvalue weighted by molar-refractivity contribution is 5.14. The molecule has 5 aliphatic carbocycles. The predicted molar refractivity (Wildman–Crippen MR) is 70.9 cm³/mol. The number of hydrogen-bond acceptors (Lipinski definition) is 1. The molecule has 1 heteroatoms. The summed E-state index contributed by atoms with van der Waals surface area (Å²) in [6.45, 7) is 0. The maximum Gasteiger partial charge on any atom is 0.0712 e. The van der Waals surface area contributed by atoms with Gasteiger partial charge in [0.15, 0.2) is 0 Å². The van der Waals surface area contributed by atoms with Gasteiger partial charge in [0.1, 0.15) is 0 Å². The van der Waals surface area contributed by atoms with E-state index in [1.165, 1.54) is 57.8 Å². The van der Waals surface area contributed by atoms with Gasteiger partial charge in [0, 0.05) is 0 Å². The second-order valence-electron chi connectivity index (χ2n) is 8.34. The lowest BCUT2D eigenvalue weighted by atomic mass is 9.64. The highest BCUT2D eigenvalue weighted by Crippen LogP contribution is 2.67. The van der Waals surface area contributed by atoms with E-state index in [4.69, 9.17) is 0 Å². The van der Waals surface area contributed by atoms with Gasteiger partial charge in [0.2, 0.25) is 0 Å². The number of aliphatic hydroxyl groups is 1. The summed E-state index contributed by atoms with van der Waals surface area (Å²) in [7, 11) is 0. The Balaban J connectivity index is 1.47. The van der Waals surface area contributed by atoms with E-state index in [1.54, 1.807) is 0 Å². The van der Waals surface area contributed by atoms with Gasteiger partial charge in [-0.1, -0.05) is 12.8 Å². The molecule has 0 amide bonds. The van der Waals surface area contributed by atoms with Crippen molar-refractivity contribution >= 4 is 0 Å². The lowest BCUT2D eigenvalue weighted by Crippen LogP contribution is -2.49. The predicted octanol–water partition coefficient (Wildman–Crippen LogP) is 3.61. The van der Waals surface area contributed by atoms with E-state index in [1.807, 2.05) is 0 Å². The maximum atomic E-state index is 11.5. The quantitative estimate of drug-likeness (QED) is 0.749. The first-order valence-corrected chi connectivity index (χ1v) is 8.48. The van der Waals surface area contributed by atoms with Crippen molar-refractivity contribution in [2.24, 2.45) is 41.4 Å². The molecule has 0 aromatic rings. The minimum Gasteiger partial charge on any atom is -0.389 e. The van der Waals surface area contributed by atoms with E-state index in [2.05, 4.69) is 0 Å².